The number of anilines is 1. The molecule has 0 aliphatic carbocycles. The van der Waals surface area contributed by atoms with Crippen molar-refractivity contribution in [1.82, 2.24) is 0 Å². The molecule has 0 radical (unpaired) electrons. The fourth-order valence-corrected chi connectivity index (χ4v) is 4.25. The molecular weight excluding hydrogens is 336 g/mol. The van der Waals surface area contributed by atoms with Gasteiger partial charge in [0.15, 0.2) is 11.5 Å². The Balaban J connectivity index is 1.98. The molecule has 0 saturated heterocycles. The summed E-state index contributed by atoms with van der Waals surface area (Å²) in [5.74, 6) is 1.70. The first-order valence-electron chi connectivity index (χ1n) is 9.53. The van der Waals surface area contributed by atoms with Crippen molar-refractivity contribution in [3.63, 3.8) is 0 Å². The molecule has 2 heterocycles. The molecular formula is C23H28N2O2. The standard InChI is InChI=1S/C23H28N2O2/c1-22(2)12-15-11-18(26-6)21-17(13-23(3,4)27-21)19(15)20(25-22)14-8-7-9-16(10-14)24-5/h7-11,24H,12-13H2,1-6H3. The van der Waals surface area contributed by atoms with Crippen LogP contribution < -0.4 is 14.8 Å². The molecule has 0 saturated carbocycles. The van der Waals surface area contributed by atoms with Gasteiger partial charge in [0.1, 0.15) is 5.60 Å². The zero-order chi connectivity index (χ0) is 19.4. The monoisotopic (exact) mass is 364 g/mol. The Hall–Kier alpha value is -2.49. The molecule has 2 aliphatic rings. The van der Waals surface area contributed by atoms with Crippen LogP contribution in [-0.4, -0.2) is 31.0 Å². The van der Waals surface area contributed by atoms with E-state index >= 15 is 0 Å². The largest absolute Gasteiger partial charge is 0.493 e. The third-order valence-electron chi connectivity index (χ3n) is 5.33. The lowest BCUT2D eigenvalue weighted by atomic mass is 9.81. The molecule has 27 heavy (non-hydrogen) atoms. The van der Waals surface area contributed by atoms with E-state index in [0.29, 0.717) is 0 Å². The maximum atomic E-state index is 6.27. The third-order valence-corrected chi connectivity index (χ3v) is 5.33. The highest BCUT2D eigenvalue weighted by Gasteiger charge is 2.39. The summed E-state index contributed by atoms with van der Waals surface area (Å²) in [6.45, 7) is 8.64. The number of benzene rings is 2. The van der Waals surface area contributed by atoms with Crippen LogP contribution in [0.4, 0.5) is 5.69 Å². The highest BCUT2D eigenvalue weighted by atomic mass is 16.5. The molecule has 4 nitrogen and oxygen atoms in total. The SMILES string of the molecule is CNc1cccc(C2=NC(C)(C)Cc3cc(OC)c4c(c32)CC(C)(C)O4)c1. The number of fused-ring (bicyclic) bond motifs is 3. The Morgan fingerprint density at radius 3 is 2.59 bits per heavy atom. The lowest BCUT2D eigenvalue weighted by Crippen LogP contribution is -2.30. The van der Waals surface area contributed by atoms with Gasteiger partial charge in [-0.1, -0.05) is 12.1 Å². The Morgan fingerprint density at radius 1 is 1.11 bits per heavy atom. The molecule has 2 aromatic rings. The topological polar surface area (TPSA) is 42.9 Å². The fourth-order valence-electron chi connectivity index (χ4n) is 4.25. The van der Waals surface area contributed by atoms with Gasteiger partial charge in [0.05, 0.1) is 18.4 Å². The highest BCUT2D eigenvalue weighted by Crippen LogP contribution is 2.47. The second kappa shape index (κ2) is 6.01. The minimum absolute atomic E-state index is 0.161. The number of hydrogen-bond acceptors (Lipinski definition) is 4. The van der Waals surface area contributed by atoms with Gasteiger partial charge in [-0.05, 0) is 57.9 Å². The van der Waals surface area contributed by atoms with Crippen LogP contribution in [0.1, 0.15) is 49.9 Å². The Morgan fingerprint density at radius 2 is 1.89 bits per heavy atom. The van der Waals surface area contributed by atoms with Gasteiger partial charge in [0.2, 0.25) is 0 Å². The van der Waals surface area contributed by atoms with Crippen LogP contribution in [-0.2, 0) is 12.8 Å². The molecule has 1 N–H and O–H groups in total. The second-order valence-electron chi connectivity index (χ2n) is 8.74. The van der Waals surface area contributed by atoms with E-state index in [1.54, 1.807) is 7.11 Å². The zero-order valence-corrected chi connectivity index (χ0v) is 17.1. The number of nitrogens with zero attached hydrogens (tertiary/aromatic N) is 1. The van der Waals surface area contributed by atoms with Gasteiger partial charge in [-0.2, -0.15) is 0 Å². The van der Waals surface area contributed by atoms with Crippen LogP contribution in [0.15, 0.2) is 35.3 Å². The predicted molar refractivity (Wildman–Crippen MR) is 111 cm³/mol. The van der Waals surface area contributed by atoms with Crippen molar-refractivity contribution in [3.8, 4) is 11.5 Å². The van der Waals surface area contributed by atoms with Crippen LogP contribution in [0.25, 0.3) is 0 Å². The van der Waals surface area contributed by atoms with Crippen LogP contribution >= 0.6 is 0 Å². The van der Waals surface area contributed by atoms with Gasteiger partial charge in [0.25, 0.3) is 0 Å². The lowest BCUT2D eigenvalue weighted by Gasteiger charge is -2.31. The summed E-state index contributed by atoms with van der Waals surface area (Å²) < 4.78 is 12.0. The molecule has 142 valence electrons. The number of ether oxygens (including phenoxy) is 2. The second-order valence-corrected chi connectivity index (χ2v) is 8.74. The molecule has 0 unspecified atom stereocenters. The molecule has 4 heteroatoms. The van der Waals surface area contributed by atoms with Crippen LogP contribution in [0.3, 0.4) is 0 Å². The Kier molecular flexibility index (Phi) is 3.99. The van der Waals surface area contributed by atoms with E-state index in [1.165, 1.54) is 16.7 Å². The van der Waals surface area contributed by atoms with Crippen molar-refractivity contribution in [2.24, 2.45) is 4.99 Å². The van der Waals surface area contributed by atoms with E-state index in [9.17, 15) is 0 Å². The smallest absolute Gasteiger partial charge is 0.166 e. The fraction of sp³-hybridized carbons (Fsp3) is 0.435. The summed E-state index contributed by atoms with van der Waals surface area (Å²) in [5, 5.41) is 3.24. The van der Waals surface area contributed by atoms with E-state index in [1.807, 2.05) is 7.05 Å². The number of methoxy groups -OCH3 is 1. The number of aliphatic imine (C=N–C) groups is 1. The molecule has 0 aromatic heterocycles. The van der Waals surface area contributed by atoms with E-state index in [0.717, 1.165) is 41.3 Å². The van der Waals surface area contributed by atoms with E-state index in [2.05, 4.69) is 63.3 Å². The summed E-state index contributed by atoms with van der Waals surface area (Å²) in [5.41, 5.74) is 6.61. The highest BCUT2D eigenvalue weighted by molar-refractivity contribution is 6.16. The van der Waals surface area contributed by atoms with Gasteiger partial charge in [-0.3, -0.25) is 4.99 Å². The van der Waals surface area contributed by atoms with Gasteiger partial charge in [-0.25, -0.2) is 0 Å². The molecule has 0 amide bonds. The van der Waals surface area contributed by atoms with E-state index in [-0.39, 0.29) is 11.1 Å². The van der Waals surface area contributed by atoms with Gasteiger partial charge >= 0.3 is 0 Å². The van der Waals surface area contributed by atoms with Gasteiger partial charge < -0.3 is 14.8 Å². The van der Waals surface area contributed by atoms with Crippen LogP contribution in [0.5, 0.6) is 11.5 Å². The Labute approximate surface area is 161 Å². The van der Waals surface area contributed by atoms with Crippen molar-refractivity contribution in [3.05, 3.63) is 52.6 Å². The predicted octanol–water partition coefficient (Wildman–Crippen LogP) is 4.62. The normalized spacial score (nSPS) is 18.8. The van der Waals surface area contributed by atoms with Crippen molar-refractivity contribution < 1.29 is 9.47 Å². The van der Waals surface area contributed by atoms with Crippen molar-refractivity contribution in [1.29, 1.82) is 0 Å². The molecule has 2 aromatic carbocycles. The summed E-state index contributed by atoms with van der Waals surface area (Å²) in [6.07, 6.45) is 1.74. The first kappa shape index (κ1) is 17.9. The molecule has 0 fully saturated rings. The minimum atomic E-state index is -0.240. The summed E-state index contributed by atoms with van der Waals surface area (Å²) in [6, 6.07) is 10.6. The van der Waals surface area contributed by atoms with Crippen LogP contribution in [0.2, 0.25) is 0 Å². The van der Waals surface area contributed by atoms with Crippen molar-refractivity contribution >= 4 is 11.4 Å². The average molecular weight is 364 g/mol. The molecule has 4 rings (SSSR count). The lowest BCUT2D eigenvalue weighted by molar-refractivity contribution is 0.134. The first-order valence-corrected chi connectivity index (χ1v) is 9.53. The number of rotatable bonds is 3. The van der Waals surface area contributed by atoms with Crippen molar-refractivity contribution in [2.45, 2.75) is 51.7 Å². The quantitative estimate of drug-likeness (QED) is 0.864. The molecule has 0 bridgehead atoms. The first-order chi connectivity index (χ1) is 12.7. The molecule has 0 atom stereocenters. The summed E-state index contributed by atoms with van der Waals surface area (Å²) >= 11 is 0. The van der Waals surface area contributed by atoms with Gasteiger partial charge in [-0.15, -0.1) is 0 Å². The minimum Gasteiger partial charge on any atom is -0.493 e. The van der Waals surface area contributed by atoms with Crippen LogP contribution in [0, 0.1) is 0 Å². The van der Waals surface area contributed by atoms with Crippen molar-refractivity contribution in [2.75, 3.05) is 19.5 Å². The number of hydrogen-bond donors (Lipinski definition) is 1. The van der Waals surface area contributed by atoms with E-state index in [4.69, 9.17) is 14.5 Å². The Bertz CT molecular complexity index is 942. The average Bonchev–Trinajstić information content (AvgIpc) is 2.94. The maximum absolute atomic E-state index is 6.27. The third kappa shape index (κ3) is 3.07. The van der Waals surface area contributed by atoms with E-state index < -0.39 is 0 Å². The summed E-state index contributed by atoms with van der Waals surface area (Å²) in [7, 11) is 3.66. The zero-order valence-electron chi connectivity index (χ0n) is 17.1. The number of nitrogens with one attached hydrogen (secondary N) is 1. The molecule has 2 aliphatic heterocycles. The summed E-state index contributed by atoms with van der Waals surface area (Å²) in [4.78, 5) is 5.17. The maximum Gasteiger partial charge on any atom is 0.166 e. The molecule has 0 spiro atoms. The van der Waals surface area contributed by atoms with Gasteiger partial charge in [0, 0.05) is 35.8 Å².